The summed E-state index contributed by atoms with van der Waals surface area (Å²) in [7, 11) is 2.91. The number of aliphatic hydroxyl groups is 1. The van der Waals surface area contributed by atoms with Gasteiger partial charge in [0.05, 0.1) is 26.4 Å². The maximum atomic E-state index is 12.0. The number of esters is 1. The molecule has 112 valence electrons. The highest BCUT2D eigenvalue weighted by Gasteiger charge is 2.17. The highest BCUT2D eigenvalue weighted by atomic mass is 16.5. The van der Waals surface area contributed by atoms with E-state index in [2.05, 4.69) is 13.8 Å². The van der Waals surface area contributed by atoms with Crippen molar-refractivity contribution in [2.75, 3.05) is 14.2 Å². The van der Waals surface area contributed by atoms with Gasteiger partial charge < -0.3 is 14.6 Å². The molecular weight excluding hydrogens is 268 g/mol. The van der Waals surface area contributed by atoms with Crippen LogP contribution < -0.4 is 4.74 Å². The molecule has 21 heavy (non-hydrogen) atoms. The third kappa shape index (κ3) is 2.72. The van der Waals surface area contributed by atoms with Gasteiger partial charge in [0, 0.05) is 10.9 Å². The number of rotatable bonds is 4. The fourth-order valence-corrected chi connectivity index (χ4v) is 2.54. The molecule has 2 aromatic rings. The lowest BCUT2D eigenvalue weighted by Crippen LogP contribution is -2.04. The molecule has 0 aliphatic heterocycles. The van der Waals surface area contributed by atoms with Crippen molar-refractivity contribution in [3.63, 3.8) is 0 Å². The summed E-state index contributed by atoms with van der Waals surface area (Å²) < 4.78 is 10.1. The number of benzene rings is 2. The Hall–Kier alpha value is -2.07. The third-order valence-electron chi connectivity index (χ3n) is 3.65. The van der Waals surface area contributed by atoms with E-state index in [0.29, 0.717) is 22.8 Å². The minimum absolute atomic E-state index is 0.112. The molecule has 1 N–H and O–H groups in total. The summed E-state index contributed by atoms with van der Waals surface area (Å²) in [6.07, 6.45) is 0. The van der Waals surface area contributed by atoms with Crippen molar-refractivity contribution >= 4 is 16.7 Å². The molecule has 0 aliphatic carbocycles. The van der Waals surface area contributed by atoms with E-state index in [4.69, 9.17) is 9.47 Å². The second-order valence-electron chi connectivity index (χ2n) is 5.22. The van der Waals surface area contributed by atoms with Crippen LogP contribution in [0.25, 0.3) is 10.8 Å². The second kappa shape index (κ2) is 6.14. The van der Waals surface area contributed by atoms with Crippen LogP contribution in [0.1, 0.15) is 41.3 Å². The molecule has 0 aromatic heterocycles. The summed E-state index contributed by atoms with van der Waals surface area (Å²) in [4.78, 5) is 12.0. The summed E-state index contributed by atoms with van der Waals surface area (Å²) in [6.45, 7) is 4.07. The highest BCUT2D eigenvalue weighted by Crippen LogP contribution is 2.33. The minimum atomic E-state index is -0.380. The normalized spacial score (nSPS) is 11.0. The van der Waals surface area contributed by atoms with E-state index in [1.165, 1.54) is 7.11 Å². The number of carbonyl (C=O) groups is 1. The monoisotopic (exact) mass is 288 g/mol. The number of hydrogen-bond acceptors (Lipinski definition) is 4. The zero-order chi connectivity index (χ0) is 15.6. The summed E-state index contributed by atoms with van der Waals surface area (Å²) in [6, 6.07) is 7.39. The average molecular weight is 288 g/mol. The molecule has 0 heterocycles. The predicted molar refractivity (Wildman–Crippen MR) is 81.9 cm³/mol. The van der Waals surface area contributed by atoms with Gasteiger partial charge >= 0.3 is 5.97 Å². The van der Waals surface area contributed by atoms with E-state index in [1.54, 1.807) is 19.2 Å². The van der Waals surface area contributed by atoms with Crippen LogP contribution in [-0.2, 0) is 11.3 Å². The van der Waals surface area contributed by atoms with E-state index < -0.39 is 0 Å². The summed E-state index contributed by atoms with van der Waals surface area (Å²) in [5, 5.41) is 11.2. The van der Waals surface area contributed by atoms with Crippen molar-refractivity contribution in [2.24, 2.45) is 0 Å². The first-order valence-corrected chi connectivity index (χ1v) is 6.86. The Balaban J connectivity index is 2.85. The molecule has 2 rings (SSSR count). The van der Waals surface area contributed by atoms with Gasteiger partial charge in [-0.05, 0) is 35.1 Å². The number of methoxy groups -OCH3 is 2. The SMILES string of the molecule is COC(=O)c1ccc(C(C)C)c2cc(CO)c(OC)cc12. The first kappa shape index (κ1) is 15.3. The fraction of sp³-hybridized carbons (Fsp3) is 0.353. The van der Waals surface area contributed by atoms with E-state index in [9.17, 15) is 9.90 Å². The Kier molecular flexibility index (Phi) is 4.48. The number of carbonyl (C=O) groups excluding carboxylic acids is 1. The molecule has 0 spiro atoms. The quantitative estimate of drug-likeness (QED) is 0.877. The van der Waals surface area contributed by atoms with Crippen molar-refractivity contribution in [3.05, 3.63) is 41.0 Å². The maximum Gasteiger partial charge on any atom is 0.338 e. The van der Waals surface area contributed by atoms with Gasteiger partial charge in [0.25, 0.3) is 0 Å². The third-order valence-corrected chi connectivity index (χ3v) is 3.65. The lowest BCUT2D eigenvalue weighted by Gasteiger charge is -2.16. The topological polar surface area (TPSA) is 55.8 Å². The first-order valence-electron chi connectivity index (χ1n) is 6.86. The molecule has 0 fully saturated rings. The second-order valence-corrected chi connectivity index (χ2v) is 5.22. The van der Waals surface area contributed by atoms with Crippen molar-refractivity contribution in [1.82, 2.24) is 0 Å². The van der Waals surface area contributed by atoms with Crippen LogP contribution in [0.15, 0.2) is 24.3 Å². The average Bonchev–Trinajstić information content (AvgIpc) is 2.51. The van der Waals surface area contributed by atoms with Gasteiger partial charge in [-0.1, -0.05) is 19.9 Å². The van der Waals surface area contributed by atoms with Gasteiger partial charge in [-0.2, -0.15) is 0 Å². The standard InChI is InChI=1S/C17H20O4/c1-10(2)12-5-6-13(17(19)21-4)15-8-16(20-3)11(9-18)7-14(12)15/h5-8,10,18H,9H2,1-4H3. The van der Waals surface area contributed by atoms with E-state index in [1.807, 2.05) is 12.1 Å². The van der Waals surface area contributed by atoms with Crippen LogP contribution in [0.4, 0.5) is 0 Å². The van der Waals surface area contributed by atoms with Gasteiger partial charge in [-0.25, -0.2) is 4.79 Å². The molecular formula is C17H20O4. The maximum absolute atomic E-state index is 12.0. The molecule has 0 saturated carbocycles. The molecule has 0 saturated heterocycles. The molecule has 4 nitrogen and oxygen atoms in total. The molecule has 0 aliphatic rings. The lowest BCUT2D eigenvalue weighted by molar-refractivity contribution is 0.0603. The fourth-order valence-electron chi connectivity index (χ4n) is 2.54. The molecule has 0 radical (unpaired) electrons. The van der Waals surface area contributed by atoms with Crippen LogP contribution in [0.3, 0.4) is 0 Å². The van der Waals surface area contributed by atoms with Crippen molar-refractivity contribution in [2.45, 2.75) is 26.4 Å². The number of ether oxygens (including phenoxy) is 2. The molecule has 0 atom stereocenters. The Morgan fingerprint density at radius 2 is 1.90 bits per heavy atom. The van der Waals surface area contributed by atoms with Crippen LogP contribution in [0.2, 0.25) is 0 Å². The van der Waals surface area contributed by atoms with Crippen LogP contribution in [0.5, 0.6) is 5.75 Å². The van der Waals surface area contributed by atoms with Gasteiger partial charge in [-0.3, -0.25) is 0 Å². The molecule has 0 unspecified atom stereocenters. The van der Waals surface area contributed by atoms with Crippen LogP contribution in [0, 0.1) is 0 Å². The largest absolute Gasteiger partial charge is 0.496 e. The van der Waals surface area contributed by atoms with Crippen molar-refractivity contribution in [1.29, 1.82) is 0 Å². The van der Waals surface area contributed by atoms with Gasteiger partial charge in [0.15, 0.2) is 0 Å². The molecule has 2 aromatic carbocycles. The molecule has 4 heteroatoms. The summed E-state index contributed by atoms with van der Waals surface area (Å²) in [5.74, 6) is 0.490. The van der Waals surface area contributed by atoms with E-state index in [0.717, 1.165) is 16.3 Å². The van der Waals surface area contributed by atoms with Gasteiger partial charge in [-0.15, -0.1) is 0 Å². The van der Waals surface area contributed by atoms with E-state index >= 15 is 0 Å². The number of fused-ring (bicyclic) bond motifs is 1. The molecule has 0 bridgehead atoms. The summed E-state index contributed by atoms with van der Waals surface area (Å²) >= 11 is 0. The van der Waals surface area contributed by atoms with Gasteiger partial charge in [0.2, 0.25) is 0 Å². The molecule has 0 amide bonds. The smallest absolute Gasteiger partial charge is 0.338 e. The Morgan fingerprint density at radius 3 is 2.43 bits per heavy atom. The highest BCUT2D eigenvalue weighted by molar-refractivity contribution is 6.06. The first-order chi connectivity index (χ1) is 10.0. The predicted octanol–water partition coefficient (Wildman–Crippen LogP) is 3.25. The van der Waals surface area contributed by atoms with Crippen LogP contribution in [-0.4, -0.2) is 25.3 Å². The minimum Gasteiger partial charge on any atom is -0.496 e. The zero-order valence-corrected chi connectivity index (χ0v) is 12.8. The Bertz CT molecular complexity index is 674. The lowest BCUT2D eigenvalue weighted by atomic mass is 9.91. The van der Waals surface area contributed by atoms with Crippen molar-refractivity contribution < 1.29 is 19.4 Å². The Labute approximate surface area is 124 Å². The van der Waals surface area contributed by atoms with Crippen molar-refractivity contribution in [3.8, 4) is 5.75 Å². The van der Waals surface area contributed by atoms with Gasteiger partial charge in [0.1, 0.15) is 5.75 Å². The zero-order valence-electron chi connectivity index (χ0n) is 12.8. The van der Waals surface area contributed by atoms with E-state index in [-0.39, 0.29) is 12.6 Å². The summed E-state index contributed by atoms with van der Waals surface area (Å²) in [5.41, 5.74) is 2.32. The van der Waals surface area contributed by atoms with Crippen LogP contribution >= 0.6 is 0 Å². The number of hydrogen-bond donors (Lipinski definition) is 1. The number of aliphatic hydroxyl groups excluding tert-OH is 1. The Morgan fingerprint density at radius 1 is 1.19 bits per heavy atom.